The summed E-state index contributed by atoms with van der Waals surface area (Å²) in [6, 6.07) is 2.96. The van der Waals surface area contributed by atoms with E-state index in [9.17, 15) is 9.18 Å². The van der Waals surface area contributed by atoms with Gasteiger partial charge in [-0.15, -0.1) is 0 Å². The Morgan fingerprint density at radius 3 is 2.08 bits per heavy atom. The zero-order chi connectivity index (χ0) is 26.1. The van der Waals surface area contributed by atoms with Crippen LogP contribution in [0.4, 0.5) is 10.2 Å². The molecular weight excluding hydrogens is 517 g/mol. The topological polar surface area (TPSA) is 146 Å². The molecule has 0 aliphatic carbocycles. The van der Waals surface area contributed by atoms with Gasteiger partial charge in [-0.3, -0.25) is 14.8 Å². The maximum absolute atomic E-state index is 13.9. The number of amides is 1. The number of halogens is 2. The summed E-state index contributed by atoms with van der Waals surface area (Å²) in [4.78, 5) is 37.6. The van der Waals surface area contributed by atoms with E-state index in [4.69, 9.17) is 24.9 Å². The Balaban J connectivity index is 1.48. The molecule has 1 amide bonds. The van der Waals surface area contributed by atoms with E-state index in [-0.39, 0.29) is 34.1 Å². The average Bonchev–Trinajstić information content (AvgIpc) is 3.73. The van der Waals surface area contributed by atoms with E-state index in [0.29, 0.717) is 27.9 Å². The second kappa shape index (κ2) is 9.67. The highest BCUT2D eigenvalue weighted by atomic mass is 35.5. The third kappa shape index (κ3) is 4.18. The van der Waals surface area contributed by atoms with E-state index in [2.05, 4.69) is 35.2 Å². The van der Waals surface area contributed by atoms with Gasteiger partial charge in [0.25, 0.3) is 5.91 Å². The lowest BCUT2D eigenvalue weighted by Gasteiger charge is -2.15. The van der Waals surface area contributed by atoms with Crippen LogP contribution in [0.3, 0.4) is 0 Å². The lowest BCUT2D eigenvalue weighted by atomic mass is 9.94. The number of oxazole rings is 3. The fraction of sp³-hybridized carbons (Fsp3) is 0. The summed E-state index contributed by atoms with van der Waals surface area (Å²) < 4.78 is 30.6. The molecule has 0 aliphatic rings. The van der Waals surface area contributed by atoms with Crippen molar-refractivity contribution in [1.82, 2.24) is 29.9 Å². The zero-order valence-electron chi connectivity index (χ0n) is 19.0. The number of carbonyl (C=O) groups excluding carboxylic acids is 1. The van der Waals surface area contributed by atoms with E-state index >= 15 is 0 Å². The van der Waals surface area contributed by atoms with Crippen LogP contribution in [0.1, 0.15) is 10.4 Å². The van der Waals surface area contributed by atoms with E-state index in [1.54, 1.807) is 6.07 Å². The largest absolute Gasteiger partial charge is 0.444 e. The van der Waals surface area contributed by atoms with E-state index in [1.807, 2.05) is 0 Å². The molecule has 11 nitrogen and oxygen atoms in total. The van der Waals surface area contributed by atoms with Gasteiger partial charge in [0.15, 0.2) is 11.6 Å². The first-order valence-corrected chi connectivity index (χ1v) is 11.3. The highest BCUT2D eigenvalue weighted by Gasteiger charge is 2.28. The van der Waals surface area contributed by atoms with Crippen molar-refractivity contribution in [3.8, 4) is 45.6 Å². The molecule has 186 valence electrons. The highest BCUT2D eigenvalue weighted by Crippen LogP contribution is 2.47. The summed E-state index contributed by atoms with van der Waals surface area (Å²) in [5.41, 5.74) is 1.91. The van der Waals surface area contributed by atoms with Crippen LogP contribution >= 0.6 is 11.6 Å². The minimum atomic E-state index is -0.760. The Labute approximate surface area is 217 Å². The summed E-state index contributed by atoms with van der Waals surface area (Å²) in [6.07, 6.45) is 13.7. The predicted octanol–water partition coefficient (Wildman–Crippen LogP) is 5.55. The number of benzene rings is 1. The average molecular weight is 530 g/mol. The van der Waals surface area contributed by atoms with Gasteiger partial charge in [-0.05, 0) is 12.1 Å². The molecule has 0 spiro atoms. The van der Waals surface area contributed by atoms with Crippen molar-refractivity contribution in [2.24, 2.45) is 0 Å². The minimum absolute atomic E-state index is 0.0995. The normalized spacial score (nSPS) is 11.0. The van der Waals surface area contributed by atoms with E-state index in [1.165, 1.54) is 62.0 Å². The smallest absolute Gasteiger partial charge is 0.259 e. The molecule has 0 radical (unpaired) electrons. The van der Waals surface area contributed by atoms with Gasteiger partial charge in [0.05, 0.1) is 70.2 Å². The molecular formula is C25H13ClFN7O4. The fourth-order valence-corrected chi connectivity index (χ4v) is 4.08. The summed E-state index contributed by atoms with van der Waals surface area (Å²) in [5, 5.41) is 2.75. The SMILES string of the molecule is O=C(Nc1cnc(-c2cc(-c3ncco3)c(Cl)c(-c3ncco3)c2-c2ncco2)cn1)c1ccncc1F. The monoisotopic (exact) mass is 529 g/mol. The molecule has 0 atom stereocenters. The van der Waals surface area contributed by atoms with Crippen LogP contribution in [0.25, 0.3) is 45.6 Å². The number of anilines is 1. The Hall–Kier alpha value is -5.23. The Kier molecular flexibility index (Phi) is 5.90. The molecule has 6 aromatic rings. The molecule has 0 saturated carbocycles. The highest BCUT2D eigenvalue weighted by molar-refractivity contribution is 6.37. The number of nitrogens with one attached hydrogen (secondary N) is 1. The van der Waals surface area contributed by atoms with Gasteiger partial charge in [-0.2, -0.15) is 0 Å². The zero-order valence-corrected chi connectivity index (χ0v) is 19.8. The molecule has 0 bridgehead atoms. The van der Waals surface area contributed by atoms with Crippen molar-refractivity contribution in [1.29, 1.82) is 0 Å². The molecule has 0 fully saturated rings. The molecule has 6 rings (SSSR count). The number of hydrogen-bond acceptors (Lipinski definition) is 10. The van der Waals surface area contributed by atoms with E-state index in [0.717, 1.165) is 6.20 Å². The first-order chi connectivity index (χ1) is 18.6. The van der Waals surface area contributed by atoms with E-state index < -0.39 is 11.7 Å². The van der Waals surface area contributed by atoms with Crippen molar-refractivity contribution in [2.75, 3.05) is 5.32 Å². The number of rotatable bonds is 6. The molecule has 38 heavy (non-hydrogen) atoms. The van der Waals surface area contributed by atoms with Crippen LogP contribution in [0.5, 0.6) is 0 Å². The van der Waals surface area contributed by atoms with Crippen molar-refractivity contribution in [2.45, 2.75) is 0 Å². The van der Waals surface area contributed by atoms with Crippen LogP contribution in [0.15, 0.2) is 87.6 Å². The van der Waals surface area contributed by atoms with Gasteiger partial charge < -0.3 is 18.6 Å². The Morgan fingerprint density at radius 1 is 0.789 bits per heavy atom. The van der Waals surface area contributed by atoms with Crippen LogP contribution in [0.2, 0.25) is 5.02 Å². The molecule has 1 N–H and O–H groups in total. The van der Waals surface area contributed by atoms with Gasteiger partial charge >= 0.3 is 0 Å². The van der Waals surface area contributed by atoms with Gasteiger partial charge in [-0.25, -0.2) is 24.3 Å². The van der Waals surface area contributed by atoms with Crippen LogP contribution in [0, 0.1) is 5.82 Å². The number of hydrogen-bond donors (Lipinski definition) is 1. The third-order valence-corrected chi connectivity index (χ3v) is 5.80. The molecule has 0 unspecified atom stereocenters. The third-order valence-electron chi connectivity index (χ3n) is 5.41. The minimum Gasteiger partial charge on any atom is -0.444 e. The Morgan fingerprint density at radius 2 is 1.47 bits per heavy atom. The molecule has 5 aromatic heterocycles. The standard InChI is InChI=1S/C25H13ClFN7O4/c26-21-15(23-29-3-6-36-23)9-14(19(24-30-4-7-37-24)20(21)25-31-5-8-38-25)17-11-33-18(12-32-17)34-22(35)13-1-2-28-10-16(13)27/h1-12H,(H,33,34,35). The number of aromatic nitrogens is 6. The van der Waals surface area contributed by atoms with Crippen molar-refractivity contribution >= 4 is 23.3 Å². The second-order valence-corrected chi connectivity index (χ2v) is 8.02. The lowest BCUT2D eigenvalue weighted by molar-refractivity contribution is 0.102. The first-order valence-electron chi connectivity index (χ1n) is 10.9. The molecule has 13 heteroatoms. The maximum Gasteiger partial charge on any atom is 0.259 e. The number of pyridine rings is 1. The Bertz CT molecular complexity index is 1720. The van der Waals surface area contributed by atoms with Gasteiger partial charge in [-0.1, -0.05) is 11.6 Å². The maximum atomic E-state index is 13.9. The number of nitrogens with zero attached hydrogens (tertiary/aromatic N) is 6. The van der Waals surface area contributed by atoms with Crippen molar-refractivity contribution in [3.05, 3.63) is 90.7 Å². The summed E-state index contributed by atoms with van der Waals surface area (Å²) in [6.45, 7) is 0. The van der Waals surface area contributed by atoms with Gasteiger partial charge in [0, 0.05) is 11.8 Å². The molecule has 1 aromatic carbocycles. The summed E-state index contributed by atoms with van der Waals surface area (Å²) in [7, 11) is 0. The second-order valence-electron chi connectivity index (χ2n) is 7.64. The van der Waals surface area contributed by atoms with Gasteiger partial charge in [0.2, 0.25) is 17.7 Å². The summed E-state index contributed by atoms with van der Waals surface area (Å²) in [5.74, 6) is -0.683. The van der Waals surface area contributed by atoms with Crippen molar-refractivity contribution in [3.63, 3.8) is 0 Å². The number of carbonyl (C=O) groups is 1. The molecule has 0 aliphatic heterocycles. The van der Waals surface area contributed by atoms with Crippen LogP contribution < -0.4 is 5.32 Å². The molecule has 0 saturated heterocycles. The quantitative estimate of drug-likeness (QED) is 0.291. The van der Waals surface area contributed by atoms with Crippen molar-refractivity contribution < 1.29 is 22.4 Å². The lowest BCUT2D eigenvalue weighted by Crippen LogP contribution is -2.15. The summed E-state index contributed by atoms with van der Waals surface area (Å²) >= 11 is 6.84. The molecule has 5 heterocycles. The fourth-order valence-electron chi connectivity index (χ4n) is 3.76. The van der Waals surface area contributed by atoms with Gasteiger partial charge in [0.1, 0.15) is 18.8 Å². The predicted molar refractivity (Wildman–Crippen MR) is 131 cm³/mol. The van der Waals surface area contributed by atoms with Crippen LogP contribution in [-0.4, -0.2) is 35.8 Å². The van der Waals surface area contributed by atoms with Crippen LogP contribution in [-0.2, 0) is 0 Å². The first kappa shape index (κ1) is 23.2.